The molecule has 50 heavy (non-hydrogen) atoms. The van der Waals surface area contributed by atoms with Gasteiger partial charge in [-0.2, -0.15) is 15.3 Å². The molecule has 16 nitrogen and oxygen atoms in total. The number of non-ortho nitro benzene ring substituents is 1. The van der Waals surface area contributed by atoms with Crippen molar-refractivity contribution in [1.29, 1.82) is 0 Å². The quantitative estimate of drug-likeness (QED) is 0.0915. The number of rotatable bonds is 7. The fourth-order valence-electron chi connectivity index (χ4n) is 4.33. The van der Waals surface area contributed by atoms with Crippen molar-refractivity contribution >= 4 is 49.3 Å². The summed E-state index contributed by atoms with van der Waals surface area (Å²) in [6.45, 7) is 1.58. The Bertz CT molecular complexity index is 2440. The molecule has 0 aliphatic heterocycles. The first-order valence-corrected chi connectivity index (χ1v) is 15.3. The van der Waals surface area contributed by atoms with E-state index in [0.29, 0.717) is 16.8 Å². The van der Waals surface area contributed by atoms with Gasteiger partial charge in [-0.1, -0.05) is 90.9 Å². The maximum atomic E-state index is 12.4. The molecule has 6 rings (SSSR count). The van der Waals surface area contributed by atoms with Crippen LogP contribution >= 0.6 is 0 Å². The third-order valence-electron chi connectivity index (χ3n) is 6.74. The number of hydrogen-bond donors (Lipinski definition) is 0. The van der Waals surface area contributed by atoms with Crippen LogP contribution in [0, 0.1) is 17.0 Å². The molecule has 1 aromatic heterocycles. The van der Waals surface area contributed by atoms with Crippen LogP contribution in [-0.4, -0.2) is 22.6 Å². The van der Waals surface area contributed by atoms with Gasteiger partial charge in [-0.3, -0.25) is 14.9 Å². The van der Waals surface area contributed by atoms with Gasteiger partial charge in [-0.15, -0.1) is 10.8 Å². The van der Waals surface area contributed by atoms with E-state index >= 15 is 0 Å². The number of nitro groups is 1. The van der Waals surface area contributed by atoms with Crippen LogP contribution in [0.3, 0.4) is 0 Å². The van der Waals surface area contributed by atoms with Crippen molar-refractivity contribution in [1.82, 2.24) is 9.78 Å². The Labute approximate surface area is 296 Å². The van der Waals surface area contributed by atoms with Crippen LogP contribution in [-0.2, 0) is 27.5 Å². The van der Waals surface area contributed by atoms with Crippen molar-refractivity contribution < 1.29 is 53.4 Å². The molecule has 0 unspecified atom stereocenters. The molecule has 1 heterocycles. The molecule has 0 N–H and O–H groups in total. The molecular formula is C32H22CrN7O9S. The number of aryl methyl sites for hydroxylation is 1. The van der Waals surface area contributed by atoms with E-state index in [9.17, 15) is 43.2 Å². The van der Waals surface area contributed by atoms with Gasteiger partial charge in [0.05, 0.1) is 26.9 Å². The zero-order valence-electron chi connectivity index (χ0n) is 27.4. The Hall–Kier alpha value is -6.19. The van der Waals surface area contributed by atoms with Crippen LogP contribution in [0.25, 0.3) is 16.5 Å². The maximum Gasteiger partial charge on any atom is 3.00 e. The third kappa shape index (κ3) is 8.26. The van der Waals surface area contributed by atoms with Gasteiger partial charge in [-0.05, 0) is 29.7 Å². The minimum absolute atomic E-state index is 0. The number of aromatic nitrogens is 2. The summed E-state index contributed by atoms with van der Waals surface area (Å²) < 4.78 is 34.2. The number of nitro benzene ring substituents is 1. The van der Waals surface area contributed by atoms with E-state index in [1.54, 1.807) is 61.5 Å². The molecule has 0 saturated heterocycles. The summed E-state index contributed by atoms with van der Waals surface area (Å²) >= 11 is 0. The number of azo groups is 2. The van der Waals surface area contributed by atoms with Gasteiger partial charge in [0, 0.05) is 23.2 Å². The number of benzene rings is 5. The summed E-state index contributed by atoms with van der Waals surface area (Å²) in [7, 11) is -4.72. The van der Waals surface area contributed by atoms with Crippen LogP contribution in [0.15, 0.2) is 133 Å². The summed E-state index contributed by atoms with van der Waals surface area (Å²) in [6.07, 6.45) is 0. The molecule has 1 radical (unpaired) electrons. The van der Waals surface area contributed by atoms with E-state index in [-0.39, 0.29) is 48.7 Å². The minimum Gasteiger partial charge on any atom is -0.871 e. The van der Waals surface area contributed by atoms with E-state index < -0.39 is 42.7 Å². The van der Waals surface area contributed by atoms with Crippen molar-refractivity contribution in [3.63, 3.8) is 0 Å². The van der Waals surface area contributed by atoms with Crippen molar-refractivity contribution in [2.24, 2.45) is 20.5 Å². The zero-order chi connectivity index (χ0) is 35.3. The molecule has 251 valence electrons. The SMILES string of the molecule is Cc1[n-]n(-c2ccccc2)c(=O)c1N=Nc1cc([N+](=O)[O-])ccc1[O-].O=S(=O)([O-])c1ccc([O-])c(N=Nc2c([O-])ccc3ccccc23)c1.[Cr+3].[H+].[H+]. The molecular weight excluding hydrogens is 710 g/mol. The Kier molecular flexibility index (Phi) is 11.3. The van der Waals surface area contributed by atoms with Crippen LogP contribution in [0.1, 0.15) is 8.55 Å². The molecule has 6 aromatic rings. The topological polar surface area (TPSA) is 255 Å². The number of hydrogen-bond acceptors (Lipinski definition) is 13. The summed E-state index contributed by atoms with van der Waals surface area (Å²) in [6, 6.07) is 24.5. The Morgan fingerprint density at radius 1 is 0.740 bits per heavy atom. The van der Waals surface area contributed by atoms with Gasteiger partial charge in [-0.25, -0.2) is 8.42 Å². The summed E-state index contributed by atoms with van der Waals surface area (Å²) in [5.41, 5.74) is -0.442. The van der Waals surface area contributed by atoms with Gasteiger partial charge >= 0.3 is 20.2 Å². The monoisotopic (exact) mass is 732 g/mol. The molecule has 0 bridgehead atoms. The second-order valence-electron chi connectivity index (χ2n) is 10.0. The summed E-state index contributed by atoms with van der Waals surface area (Å²) in [5.74, 6) is -1.54. The second-order valence-corrected chi connectivity index (χ2v) is 11.4. The predicted molar refractivity (Wildman–Crippen MR) is 170 cm³/mol. The van der Waals surface area contributed by atoms with Crippen LogP contribution in [0.2, 0.25) is 0 Å². The molecule has 5 aromatic carbocycles. The van der Waals surface area contributed by atoms with E-state index in [0.717, 1.165) is 41.8 Å². The molecule has 0 fully saturated rings. The molecule has 0 spiro atoms. The van der Waals surface area contributed by atoms with Crippen molar-refractivity contribution in [3.05, 3.63) is 129 Å². The van der Waals surface area contributed by atoms with Crippen molar-refractivity contribution in [2.75, 3.05) is 0 Å². The average molecular weight is 733 g/mol. The normalized spacial score (nSPS) is 11.3. The summed E-state index contributed by atoms with van der Waals surface area (Å²) in [5, 5.41) is 66.6. The van der Waals surface area contributed by atoms with E-state index in [1.165, 1.54) is 10.7 Å². The van der Waals surface area contributed by atoms with Gasteiger partial charge in [0.15, 0.2) is 0 Å². The minimum atomic E-state index is -4.72. The maximum absolute atomic E-state index is 12.4. The molecule has 0 atom stereocenters. The number of para-hydroxylation sites is 1. The fourth-order valence-corrected chi connectivity index (χ4v) is 4.82. The Morgan fingerprint density at radius 2 is 1.32 bits per heavy atom. The van der Waals surface area contributed by atoms with Crippen molar-refractivity contribution in [3.8, 4) is 22.9 Å². The molecule has 0 amide bonds. The Morgan fingerprint density at radius 3 is 1.98 bits per heavy atom. The van der Waals surface area contributed by atoms with E-state index in [1.807, 2.05) is 6.07 Å². The molecule has 0 saturated carbocycles. The van der Waals surface area contributed by atoms with E-state index in [2.05, 4.69) is 25.6 Å². The average Bonchev–Trinajstić information content (AvgIpc) is 3.36. The van der Waals surface area contributed by atoms with Gasteiger partial charge < -0.3 is 29.7 Å². The number of fused-ring (bicyclic) bond motifs is 1. The summed E-state index contributed by atoms with van der Waals surface area (Å²) in [4.78, 5) is 22.0. The predicted octanol–water partition coefficient (Wildman–Crippen LogP) is 5.03. The van der Waals surface area contributed by atoms with Crippen LogP contribution in [0.4, 0.5) is 28.4 Å². The first-order chi connectivity index (χ1) is 23.3. The Balaban J connectivity index is 0.000000341. The second kappa shape index (κ2) is 15.4. The molecule has 0 aliphatic rings. The largest absolute Gasteiger partial charge is 3.00 e. The number of nitrogens with zero attached hydrogens (tertiary/aromatic N) is 7. The van der Waals surface area contributed by atoms with Crippen LogP contribution in [0.5, 0.6) is 17.2 Å². The zero-order valence-corrected chi connectivity index (χ0v) is 27.5. The fraction of sp³-hybridized carbons (Fsp3) is 0.0312. The van der Waals surface area contributed by atoms with Gasteiger partial charge in [0.1, 0.15) is 15.8 Å². The van der Waals surface area contributed by atoms with Crippen molar-refractivity contribution in [2.45, 2.75) is 11.8 Å². The smallest absolute Gasteiger partial charge is 0.871 e. The third-order valence-corrected chi connectivity index (χ3v) is 7.57. The van der Waals surface area contributed by atoms with E-state index in [4.69, 9.17) is 0 Å². The van der Waals surface area contributed by atoms with Crippen LogP contribution < -0.4 is 26.0 Å². The molecule has 0 aliphatic carbocycles. The first kappa shape index (κ1) is 36.6. The molecule has 18 heteroatoms. The van der Waals surface area contributed by atoms with Gasteiger partial charge in [0.2, 0.25) is 0 Å². The standard InChI is InChI=1S/C16H13N5O4.C16H12N2O5S.Cr/c1-10-15(16(23)20(19-10)11-5-3-2-4-6-11)18-17-13-9-12(21(24)25)7-8-14(13)22;19-14-8-6-11(24(21,22)23)9-13(14)17-18-16-12-4-2-1-3-10(12)5-7-15(16)20;/h2-9H,1H3,(H2,17,18,19,22,23);1-9,19-20H,(H,21,22,23);/q;;+3/p-3. The van der Waals surface area contributed by atoms with Gasteiger partial charge in [0.25, 0.3) is 11.2 Å². The first-order valence-electron chi connectivity index (χ1n) is 13.9.